The summed E-state index contributed by atoms with van der Waals surface area (Å²) in [6, 6.07) is 3.63. The number of methoxy groups -OCH3 is 1. The molecule has 0 spiro atoms. The maximum absolute atomic E-state index is 12.0. The van der Waals surface area contributed by atoms with Crippen molar-refractivity contribution in [1.29, 1.82) is 0 Å². The minimum absolute atomic E-state index is 0.0627. The lowest BCUT2D eigenvalue weighted by Gasteiger charge is -2.29. The van der Waals surface area contributed by atoms with E-state index >= 15 is 0 Å². The first-order valence-electron chi connectivity index (χ1n) is 5.38. The van der Waals surface area contributed by atoms with Gasteiger partial charge in [0.1, 0.15) is 5.75 Å². The number of fused-ring (bicyclic) bond motifs is 1. The molecule has 0 atom stereocenters. The number of Topliss-reactive ketones (excluding diaryl/α,β-unsaturated/α-hetero) is 1. The number of carbonyl (C=O) groups is 1. The molecule has 17 heavy (non-hydrogen) atoms. The first-order valence-corrected chi connectivity index (χ1v) is 6.19. The number of benzene rings is 1. The minimum atomic E-state index is -0.0627. The van der Waals surface area contributed by atoms with Gasteiger partial charge in [0, 0.05) is 21.6 Å². The molecule has 88 valence electrons. The molecule has 0 bridgehead atoms. The van der Waals surface area contributed by atoms with Gasteiger partial charge in [-0.2, -0.15) is 0 Å². The molecule has 0 aromatic heterocycles. The van der Waals surface area contributed by atoms with Gasteiger partial charge in [-0.25, -0.2) is 0 Å². The van der Waals surface area contributed by atoms with Crippen LogP contribution in [0.3, 0.4) is 0 Å². The van der Waals surface area contributed by atoms with Crippen LogP contribution < -0.4 is 4.74 Å². The fourth-order valence-electron chi connectivity index (χ4n) is 1.96. The highest BCUT2D eigenvalue weighted by Gasteiger charge is 2.32. The Morgan fingerprint density at radius 1 is 1.47 bits per heavy atom. The van der Waals surface area contributed by atoms with E-state index in [-0.39, 0.29) is 10.5 Å². The molecule has 0 saturated carbocycles. The van der Waals surface area contributed by atoms with Crippen LogP contribution in [0.25, 0.3) is 0 Å². The average Bonchev–Trinajstić information content (AvgIpc) is 2.26. The van der Waals surface area contributed by atoms with E-state index in [1.807, 2.05) is 6.07 Å². The van der Waals surface area contributed by atoms with Crippen molar-refractivity contribution < 1.29 is 9.53 Å². The Labute approximate surface area is 106 Å². The number of hydrogen-bond donors (Lipinski definition) is 0. The van der Waals surface area contributed by atoms with Crippen molar-refractivity contribution in [2.24, 2.45) is 0 Å². The monoisotopic (exact) mass is 246 g/mol. The van der Waals surface area contributed by atoms with Gasteiger partial charge in [-0.15, -0.1) is 18.2 Å². The van der Waals surface area contributed by atoms with Crippen molar-refractivity contribution in [3.05, 3.63) is 23.3 Å². The van der Waals surface area contributed by atoms with E-state index in [0.717, 1.165) is 10.5 Å². The SMILES string of the molecule is C#Cc1cc2c(cc1OC)SC(C)(C)CC2=O. The number of rotatable bonds is 1. The normalized spacial score (nSPS) is 17.2. The summed E-state index contributed by atoms with van der Waals surface area (Å²) in [5.74, 6) is 3.36. The standard InChI is InChI=1S/C14H14O2S/c1-5-9-6-10-11(15)8-14(2,3)17-13(10)7-12(9)16-4/h1,6-7H,8H2,2-4H3. The zero-order valence-electron chi connectivity index (χ0n) is 10.2. The molecule has 0 radical (unpaired) electrons. The minimum Gasteiger partial charge on any atom is -0.495 e. The third kappa shape index (κ3) is 2.18. The zero-order valence-corrected chi connectivity index (χ0v) is 11.0. The summed E-state index contributed by atoms with van der Waals surface area (Å²) < 4.78 is 5.18. The highest BCUT2D eigenvalue weighted by Crippen LogP contribution is 2.44. The van der Waals surface area contributed by atoms with Crippen LogP contribution in [0.1, 0.15) is 36.2 Å². The summed E-state index contributed by atoms with van der Waals surface area (Å²) in [5, 5.41) is 0. The summed E-state index contributed by atoms with van der Waals surface area (Å²) >= 11 is 1.70. The second-order valence-corrected chi connectivity index (χ2v) is 6.40. The summed E-state index contributed by atoms with van der Waals surface area (Å²) in [6.07, 6.45) is 5.95. The van der Waals surface area contributed by atoms with Crippen molar-refractivity contribution in [2.75, 3.05) is 7.11 Å². The van der Waals surface area contributed by atoms with E-state index in [2.05, 4.69) is 19.8 Å². The molecule has 0 N–H and O–H groups in total. The second-order valence-electron chi connectivity index (χ2n) is 4.65. The zero-order chi connectivity index (χ0) is 12.6. The van der Waals surface area contributed by atoms with Crippen LogP contribution in [0.5, 0.6) is 5.75 Å². The first kappa shape index (κ1) is 12.1. The molecule has 1 aromatic rings. The van der Waals surface area contributed by atoms with Gasteiger partial charge in [-0.05, 0) is 26.0 Å². The Balaban J connectivity index is 2.58. The number of ketones is 1. The van der Waals surface area contributed by atoms with Gasteiger partial charge in [0.2, 0.25) is 0 Å². The van der Waals surface area contributed by atoms with Crippen LogP contribution in [0, 0.1) is 12.3 Å². The summed E-state index contributed by atoms with van der Waals surface area (Å²) in [4.78, 5) is 13.0. The summed E-state index contributed by atoms with van der Waals surface area (Å²) in [7, 11) is 1.59. The molecule has 2 rings (SSSR count). The lowest BCUT2D eigenvalue weighted by Crippen LogP contribution is -2.25. The van der Waals surface area contributed by atoms with E-state index in [1.54, 1.807) is 24.9 Å². The molecule has 1 aliphatic heterocycles. The molecule has 0 unspecified atom stereocenters. The van der Waals surface area contributed by atoms with Gasteiger partial charge in [-0.1, -0.05) is 5.92 Å². The Morgan fingerprint density at radius 3 is 2.76 bits per heavy atom. The fraction of sp³-hybridized carbons (Fsp3) is 0.357. The molecule has 1 aliphatic rings. The summed E-state index contributed by atoms with van der Waals surface area (Å²) in [5.41, 5.74) is 1.36. The molecule has 2 nitrogen and oxygen atoms in total. The second kappa shape index (κ2) is 4.12. The van der Waals surface area contributed by atoms with Crippen LogP contribution in [0.4, 0.5) is 0 Å². The number of terminal acetylenes is 1. The molecular formula is C14H14O2S. The number of thioether (sulfide) groups is 1. The van der Waals surface area contributed by atoms with E-state index in [0.29, 0.717) is 17.7 Å². The van der Waals surface area contributed by atoms with Crippen LogP contribution >= 0.6 is 11.8 Å². The van der Waals surface area contributed by atoms with Crippen molar-refractivity contribution in [2.45, 2.75) is 29.9 Å². The largest absolute Gasteiger partial charge is 0.495 e. The maximum atomic E-state index is 12.0. The molecule has 1 aromatic carbocycles. The highest BCUT2D eigenvalue weighted by atomic mass is 32.2. The maximum Gasteiger partial charge on any atom is 0.165 e. The van der Waals surface area contributed by atoms with Crippen molar-refractivity contribution >= 4 is 17.5 Å². The third-order valence-corrected chi connectivity index (χ3v) is 3.98. The smallest absolute Gasteiger partial charge is 0.165 e. The van der Waals surface area contributed by atoms with Gasteiger partial charge < -0.3 is 4.74 Å². The van der Waals surface area contributed by atoms with Crippen LogP contribution in [0.15, 0.2) is 17.0 Å². The van der Waals surface area contributed by atoms with Gasteiger partial charge in [0.25, 0.3) is 0 Å². The van der Waals surface area contributed by atoms with E-state index < -0.39 is 0 Å². The van der Waals surface area contributed by atoms with Crippen LogP contribution in [-0.4, -0.2) is 17.6 Å². The molecule has 0 aliphatic carbocycles. The number of carbonyl (C=O) groups excluding carboxylic acids is 1. The quantitative estimate of drug-likeness (QED) is 0.712. The lowest BCUT2D eigenvalue weighted by atomic mass is 9.97. The van der Waals surface area contributed by atoms with Gasteiger partial charge in [-0.3, -0.25) is 4.79 Å². The topological polar surface area (TPSA) is 26.3 Å². The number of ether oxygens (including phenoxy) is 1. The Morgan fingerprint density at radius 2 is 2.18 bits per heavy atom. The molecule has 0 fully saturated rings. The third-order valence-electron chi connectivity index (χ3n) is 2.73. The van der Waals surface area contributed by atoms with E-state index in [4.69, 9.17) is 11.2 Å². The van der Waals surface area contributed by atoms with Crippen molar-refractivity contribution in [3.63, 3.8) is 0 Å². The molecular weight excluding hydrogens is 232 g/mol. The predicted octanol–water partition coefficient (Wildman–Crippen LogP) is 3.13. The lowest BCUT2D eigenvalue weighted by molar-refractivity contribution is 0.0967. The Kier molecular flexibility index (Phi) is 2.92. The summed E-state index contributed by atoms with van der Waals surface area (Å²) in [6.45, 7) is 4.14. The predicted molar refractivity (Wildman–Crippen MR) is 69.8 cm³/mol. The van der Waals surface area contributed by atoms with Crippen LogP contribution in [0.2, 0.25) is 0 Å². The van der Waals surface area contributed by atoms with E-state index in [1.165, 1.54) is 0 Å². The molecule has 1 heterocycles. The van der Waals surface area contributed by atoms with Crippen LogP contribution in [-0.2, 0) is 0 Å². The van der Waals surface area contributed by atoms with E-state index in [9.17, 15) is 4.79 Å². The van der Waals surface area contributed by atoms with Gasteiger partial charge >= 0.3 is 0 Å². The molecule has 0 saturated heterocycles. The Hall–Kier alpha value is -1.40. The fourth-order valence-corrected chi connectivity index (χ4v) is 3.21. The molecule has 0 amide bonds. The Bertz CT molecular complexity index is 524. The first-order chi connectivity index (χ1) is 7.96. The van der Waals surface area contributed by atoms with Gasteiger partial charge in [0.15, 0.2) is 5.78 Å². The number of hydrogen-bond acceptors (Lipinski definition) is 3. The average molecular weight is 246 g/mol. The van der Waals surface area contributed by atoms with Gasteiger partial charge in [0.05, 0.1) is 12.7 Å². The van der Waals surface area contributed by atoms with Crippen molar-refractivity contribution in [3.8, 4) is 18.1 Å². The van der Waals surface area contributed by atoms with Crippen molar-refractivity contribution in [1.82, 2.24) is 0 Å². The highest BCUT2D eigenvalue weighted by molar-refractivity contribution is 8.00. The molecule has 3 heteroatoms.